The fourth-order valence-electron chi connectivity index (χ4n) is 1.96. The van der Waals surface area contributed by atoms with Crippen molar-refractivity contribution in [2.75, 3.05) is 0 Å². The summed E-state index contributed by atoms with van der Waals surface area (Å²) < 4.78 is 6.92. The van der Waals surface area contributed by atoms with Crippen LogP contribution in [0.15, 0.2) is 33.8 Å². The second-order valence-corrected chi connectivity index (χ2v) is 3.91. The van der Waals surface area contributed by atoms with Gasteiger partial charge >= 0.3 is 0 Å². The molecule has 0 spiro atoms. The molecule has 0 amide bonds. The Morgan fingerprint density at radius 1 is 1.38 bits per heavy atom. The molecule has 4 heteroatoms. The molecule has 0 radical (unpaired) electrons. The van der Waals surface area contributed by atoms with Gasteiger partial charge in [-0.15, -0.1) is 0 Å². The van der Waals surface area contributed by atoms with Crippen molar-refractivity contribution in [1.82, 2.24) is 9.55 Å². The second-order valence-electron chi connectivity index (χ2n) is 3.91. The maximum Gasteiger partial charge on any atom is 0.263 e. The third-order valence-electron chi connectivity index (χ3n) is 2.77. The van der Waals surface area contributed by atoms with Crippen molar-refractivity contribution in [3.63, 3.8) is 0 Å². The van der Waals surface area contributed by atoms with Gasteiger partial charge in [-0.2, -0.15) is 0 Å². The van der Waals surface area contributed by atoms with Gasteiger partial charge in [-0.3, -0.25) is 9.36 Å². The van der Waals surface area contributed by atoms with Gasteiger partial charge in [0, 0.05) is 13.2 Å². The van der Waals surface area contributed by atoms with Crippen molar-refractivity contribution in [2.45, 2.75) is 6.92 Å². The fraction of sp³-hybridized carbons (Fsp3) is 0.167. The number of hydrogen-bond acceptors (Lipinski definition) is 3. The summed E-state index contributed by atoms with van der Waals surface area (Å²) in [5.74, 6) is 0. The molecular weight excluding hydrogens is 204 g/mol. The molecule has 0 aliphatic carbocycles. The van der Waals surface area contributed by atoms with Crippen LogP contribution in [0.1, 0.15) is 5.56 Å². The second kappa shape index (κ2) is 2.95. The summed E-state index contributed by atoms with van der Waals surface area (Å²) in [5, 5.41) is 1.48. The molecule has 0 N–H and O–H groups in total. The van der Waals surface area contributed by atoms with E-state index in [0.717, 1.165) is 10.9 Å². The number of nitrogens with zero attached hydrogens (tertiary/aromatic N) is 2. The molecule has 0 saturated heterocycles. The van der Waals surface area contributed by atoms with Crippen LogP contribution in [0, 0.1) is 6.92 Å². The quantitative estimate of drug-likeness (QED) is 0.575. The minimum absolute atomic E-state index is 0.0763. The zero-order chi connectivity index (χ0) is 11.3. The highest BCUT2D eigenvalue weighted by molar-refractivity contribution is 6.00. The number of hydrogen-bond donors (Lipinski definition) is 0. The monoisotopic (exact) mass is 214 g/mol. The van der Waals surface area contributed by atoms with Gasteiger partial charge in [0.25, 0.3) is 5.56 Å². The average molecular weight is 214 g/mol. The van der Waals surface area contributed by atoms with Crippen LogP contribution in [0.5, 0.6) is 0 Å². The van der Waals surface area contributed by atoms with Gasteiger partial charge in [0.2, 0.25) is 0 Å². The zero-order valence-corrected chi connectivity index (χ0v) is 9.02. The third-order valence-corrected chi connectivity index (χ3v) is 2.77. The third kappa shape index (κ3) is 1.04. The van der Waals surface area contributed by atoms with Gasteiger partial charge in [-0.25, -0.2) is 4.98 Å². The molecule has 0 aromatic carbocycles. The molecule has 3 aromatic rings. The van der Waals surface area contributed by atoms with E-state index in [0.29, 0.717) is 16.6 Å². The highest BCUT2D eigenvalue weighted by Crippen LogP contribution is 2.22. The minimum atomic E-state index is -0.0763. The summed E-state index contributed by atoms with van der Waals surface area (Å²) in [6.45, 7) is 1.96. The molecule has 0 unspecified atom stereocenters. The van der Waals surface area contributed by atoms with E-state index < -0.39 is 0 Å². The summed E-state index contributed by atoms with van der Waals surface area (Å²) >= 11 is 0. The van der Waals surface area contributed by atoms with Crippen LogP contribution < -0.4 is 5.56 Å². The Bertz CT molecular complexity index is 753. The van der Waals surface area contributed by atoms with Crippen molar-refractivity contribution in [2.24, 2.45) is 7.05 Å². The first-order valence-electron chi connectivity index (χ1n) is 5.01. The Hall–Kier alpha value is -2.10. The predicted molar refractivity (Wildman–Crippen MR) is 61.5 cm³/mol. The van der Waals surface area contributed by atoms with E-state index in [1.165, 1.54) is 6.26 Å². The number of aromatic nitrogens is 2. The Balaban J connectivity index is 2.72. The smallest absolute Gasteiger partial charge is 0.263 e. The van der Waals surface area contributed by atoms with Gasteiger partial charge in [0.15, 0.2) is 0 Å². The minimum Gasteiger partial charge on any atom is -0.463 e. The Morgan fingerprint density at radius 2 is 2.19 bits per heavy atom. The fourth-order valence-corrected chi connectivity index (χ4v) is 1.96. The van der Waals surface area contributed by atoms with Crippen molar-refractivity contribution < 1.29 is 4.42 Å². The number of pyridine rings is 2. The van der Waals surface area contributed by atoms with Crippen LogP contribution in [0.2, 0.25) is 0 Å². The van der Waals surface area contributed by atoms with Gasteiger partial charge in [0.05, 0.1) is 17.0 Å². The van der Waals surface area contributed by atoms with Crippen LogP contribution >= 0.6 is 0 Å². The molecule has 3 aromatic heterocycles. The lowest BCUT2D eigenvalue weighted by molar-refractivity contribution is 0.618. The first-order chi connectivity index (χ1) is 7.68. The lowest BCUT2D eigenvalue weighted by Gasteiger charge is -2.04. The SMILES string of the molecule is Cc1cnc2c(c1)c1occc1c(=O)n2C. The molecule has 0 atom stereocenters. The molecule has 80 valence electrons. The Kier molecular flexibility index (Phi) is 1.68. The zero-order valence-electron chi connectivity index (χ0n) is 9.02. The molecule has 4 nitrogen and oxygen atoms in total. The summed E-state index contributed by atoms with van der Waals surface area (Å²) in [6, 6.07) is 3.67. The summed E-state index contributed by atoms with van der Waals surface area (Å²) in [4.78, 5) is 16.2. The van der Waals surface area contributed by atoms with Crippen LogP contribution in [0.3, 0.4) is 0 Å². The molecule has 0 saturated carbocycles. The van der Waals surface area contributed by atoms with E-state index in [1.54, 1.807) is 23.9 Å². The predicted octanol–water partition coefficient (Wildman–Crippen LogP) is 1.99. The topological polar surface area (TPSA) is 48.0 Å². The van der Waals surface area contributed by atoms with Crippen LogP contribution in [-0.2, 0) is 7.05 Å². The van der Waals surface area contributed by atoms with E-state index in [9.17, 15) is 4.79 Å². The lowest BCUT2D eigenvalue weighted by Crippen LogP contribution is -2.17. The van der Waals surface area contributed by atoms with E-state index >= 15 is 0 Å². The summed E-state index contributed by atoms with van der Waals surface area (Å²) in [6.07, 6.45) is 3.28. The van der Waals surface area contributed by atoms with E-state index in [-0.39, 0.29) is 5.56 Å². The van der Waals surface area contributed by atoms with E-state index in [4.69, 9.17) is 4.42 Å². The van der Waals surface area contributed by atoms with E-state index in [1.807, 2.05) is 13.0 Å². The highest BCUT2D eigenvalue weighted by atomic mass is 16.3. The van der Waals surface area contributed by atoms with Crippen LogP contribution in [0.4, 0.5) is 0 Å². The summed E-state index contributed by atoms with van der Waals surface area (Å²) in [7, 11) is 1.72. The molecular formula is C12H10N2O2. The highest BCUT2D eigenvalue weighted by Gasteiger charge is 2.11. The maximum absolute atomic E-state index is 12.0. The first-order valence-corrected chi connectivity index (χ1v) is 5.01. The number of furan rings is 1. The number of aryl methyl sites for hydroxylation is 2. The molecule has 0 fully saturated rings. The standard InChI is InChI=1S/C12H10N2O2/c1-7-5-9-10-8(3-4-16-10)12(15)14(2)11(9)13-6-7/h3-6H,1-2H3. The van der Waals surface area contributed by atoms with Crippen LogP contribution in [-0.4, -0.2) is 9.55 Å². The Morgan fingerprint density at radius 3 is 3.00 bits per heavy atom. The van der Waals surface area contributed by atoms with Crippen molar-refractivity contribution in [1.29, 1.82) is 0 Å². The van der Waals surface area contributed by atoms with Crippen molar-refractivity contribution in [3.05, 3.63) is 40.5 Å². The Labute approximate surface area is 91.1 Å². The first kappa shape index (κ1) is 9.15. The molecule has 3 rings (SSSR count). The molecule has 16 heavy (non-hydrogen) atoms. The lowest BCUT2D eigenvalue weighted by atomic mass is 10.2. The van der Waals surface area contributed by atoms with Crippen molar-refractivity contribution >= 4 is 22.0 Å². The van der Waals surface area contributed by atoms with E-state index in [2.05, 4.69) is 4.98 Å². The van der Waals surface area contributed by atoms with Crippen LogP contribution in [0.25, 0.3) is 22.0 Å². The van der Waals surface area contributed by atoms with Crippen molar-refractivity contribution in [3.8, 4) is 0 Å². The number of fused-ring (bicyclic) bond motifs is 3. The van der Waals surface area contributed by atoms with Gasteiger partial charge in [-0.05, 0) is 24.6 Å². The summed E-state index contributed by atoms with van der Waals surface area (Å²) in [5.41, 5.74) is 2.24. The van der Waals surface area contributed by atoms with Gasteiger partial charge in [-0.1, -0.05) is 0 Å². The molecule has 0 bridgehead atoms. The maximum atomic E-state index is 12.0. The van der Waals surface area contributed by atoms with Gasteiger partial charge in [0.1, 0.15) is 11.2 Å². The normalized spacial score (nSPS) is 11.4. The largest absolute Gasteiger partial charge is 0.463 e. The molecule has 3 heterocycles. The number of rotatable bonds is 0. The average Bonchev–Trinajstić information content (AvgIpc) is 2.75. The van der Waals surface area contributed by atoms with Gasteiger partial charge < -0.3 is 4.42 Å². The molecule has 0 aliphatic rings. The molecule has 0 aliphatic heterocycles.